The molecule has 0 aromatic heterocycles. The van der Waals surface area contributed by atoms with Gasteiger partial charge in [-0.25, -0.2) is 0 Å². The average Bonchev–Trinajstić information content (AvgIpc) is 3.21. The van der Waals surface area contributed by atoms with E-state index in [0.29, 0.717) is 0 Å². The molecule has 2 bridgehead atoms. The second-order valence-electron chi connectivity index (χ2n) is 17.6. The van der Waals surface area contributed by atoms with Crippen LogP contribution in [0.25, 0.3) is 0 Å². The van der Waals surface area contributed by atoms with Gasteiger partial charge in [0, 0.05) is 37.5 Å². The Labute approximate surface area is 397 Å². The number of nitrogens with two attached hydrogens (primary N) is 1. The Balaban J connectivity index is 0.0000150. The van der Waals surface area contributed by atoms with Gasteiger partial charge in [0.2, 0.25) is 0 Å². The van der Waals surface area contributed by atoms with Crippen LogP contribution in [-0.2, 0) is 28.5 Å². The van der Waals surface area contributed by atoms with Gasteiger partial charge in [-0.15, -0.1) is 0 Å². The Morgan fingerprint density at radius 3 is 1.75 bits per heavy atom. The third-order valence-electron chi connectivity index (χ3n) is 12.0. The van der Waals surface area contributed by atoms with E-state index in [2.05, 4.69) is 0 Å². The molecule has 21 nitrogen and oxygen atoms in total. The van der Waals surface area contributed by atoms with E-state index in [1.165, 1.54) is 13.0 Å². The number of carbonyl (C=O) groups excluding carboxylic acids is 1. The van der Waals surface area contributed by atoms with Crippen molar-refractivity contribution in [3.8, 4) is 0 Å². The largest absolute Gasteiger partial charge is 0.481 e. The highest BCUT2D eigenvalue weighted by molar-refractivity contribution is 5.71. The van der Waals surface area contributed by atoms with Crippen molar-refractivity contribution in [3.63, 3.8) is 0 Å². The number of esters is 1. The van der Waals surface area contributed by atoms with E-state index < -0.39 is 147 Å². The Bertz CT molecular complexity index is 1670. The number of carboxylic acid groups (broad SMARTS) is 1. The van der Waals surface area contributed by atoms with Crippen molar-refractivity contribution in [2.24, 2.45) is 23.5 Å². The summed E-state index contributed by atoms with van der Waals surface area (Å²) in [6, 6.07) is -1.15. The number of hydrogen-bond acceptors (Lipinski definition) is 17. The fraction of sp³-hybridized carbons (Fsp3) is 0.660. The number of rotatable bonds is 3. The first-order chi connectivity index (χ1) is 30.6. The molecule has 0 saturated carbocycles. The van der Waals surface area contributed by atoms with Gasteiger partial charge in [-0.2, -0.15) is 0 Å². The minimum atomic E-state index is -2.33. The van der Waals surface area contributed by atoms with Crippen LogP contribution in [0.4, 0.5) is 0 Å². The SMILES string of the molecule is C[C@@H]1[C@H](O)[C@@H](C)C=CC=CC=CC=CC=CC=CC=C[C@H](O[C@@H]2O[C@H](C)[C@@H](O)[C@H](N)[C@@H]2O)C[C@@H]2O[C@](O)(C[C@@H](O)C[C@@H](O)[C@H](O)CC[C@@H](O)C[C@@H](O)CC(=O)O[C@H]1C)C[C@H](O)[C@H]2C(=O)O.O.O.O. The molecule has 68 heavy (non-hydrogen) atoms. The van der Waals surface area contributed by atoms with Crippen LogP contribution < -0.4 is 5.73 Å². The zero-order valence-electron chi connectivity index (χ0n) is 39.1. The van der Waals surface area contributed by atoms with Gasteiger partial charge in [0.1, 0.15) is 18.1 Å². The Morgan fingerprint density at radius 2 is 1.19 bits per heavy atom. The molecule has 3 aliphatic heterocycles. The van der Waals surface area contributed by atoms with Crippen molar-refractivity contribution >= 4 is 11.9 Å². The molecule has 392 valence electrons. The van der Waals surface area contributed by atoms with E-state index in [9.17, 15) is 65.8 Å². The molecule has 21 heteroatoms. The molecule has 3 rings (SSSR count). The van der Waals surface area contributed by atoms with Gasteiger partial charge >= 0.3 is 11.9 Å². The number of ether oxygens (including phenoxy) is 4. The predicted octanol–water partition coefficient (Wildman–Crippen LogP) is -1.76. The second kappa shape index (κ2) is 31.6. The van der Waals surface area contributed by atoms with Gasteiger partial charge in [0.05, 0.1) is 79.6 Å². The summed E-state index contributed by atoms with van der Waals surface area (Å²) in [5, 5.41) is 118. The number of cyclic esters (lactones) is 1. The molecule has 0 amide bonds. The maximum absolute atomic E-state index is 12.6. The zero-order chi connectivity index (χ0) is 48.4. The lowest BCUT2D eigenvalue weighted by atomic mass is 9.82. The molecular weight excluding hydrogens is 899 g/mol. The molecule has 3 heterocycles. The van der Waals surface area contributed by atoms with Crippen LogP contribution in [0.2, 0.25) is 0 Å². The van der Waals surface area contributed by atoms with E-state index in [1.807, 2.05) is 19.1 Å². The number of aliphatic hydroxyl groups excluding tert-OH is 9. The fourth-order valence-corrected chi connectivity index (χ4v) is 7.97. The second-order valence-corrected chi connectivity index (χ2v) is 17.6. The molecule has 0 aliphatic carbocycles. The number of carbonyl (C=O) groups is 2. The number of allylic oxidation sites excluding steroid dienone is 12. The minimum absolute atomic E-state index is 0. The number of hydrogen-bond donors (Lipinski definition) is 12. The number of fused-ring (bicyclic) bond motifs is 2. The van der Waals surface area contributed by atoms with Crippen molar-refractivity contribution in [1.29, 1.82) is 0 Å². The molecule has 19 atom stereocenters. The van der Waals surface area contributed by atoms with Gasteiger partial charge in [-0.05, 0) is 33.1 Å². The molecular formula is C47H79NO20. The first-order valence-electron chi connectivity index (χ1n) is 22.3. The molecule has 0 aromatic rings. The molecule has 2 fully saturated rings. The van der Waals surface area contributed by atoms with Gasteiger partial charge in [0.25, 0.3) is 0 Å². The fourth-order valence-electron chi connectivity index (χ4n) is 7.97. The van der Waals surface area contributed by atoms with Crippen molar-refractivity contribution in [3.05, 3.63) is 85.1 Å². The summed E-state index contributed by atoms with van der Waals surface area (Å²) < 4.78 is 23.1. The highest BCUT2D eigenvalue weighted by Gasteiger charge is 2.51. The monoisotopic (exact) mass is 978 g/mol. The molecule has 0 radical (unpaired) electrons. The van der Waals surface area contributed by atoms with E-state index >= 15 is 0 Å². The summed E-state index contributed by atoms with van der Waals surface area (Å²) in [7, 11) is 0. The topological polar surface area (TPSA) is 414 Å². The lowest BCUT2D eigenvalue weighted by molar-refractivity contribution is -0.308. The number of carboxylic acids is 1. The highest BCUT2D eigenvalue weighted by atomic mass is 16.7. The van der Waals surface area contributed by atoms with Crippen LogP contribution in [0.3, 0.4) is 0 Å². The molecule has 19 N–H and O–H groups in total. The van der Waals surface area contributed by atoms with Crippen LogP contribution in [0.5, 0.6) is 0 Å². The number of aliphatic hydroxyl groups is 10. The summed E-state index contributed by atoms with van der Waals surface area (Å²) in [5.74, 6) is -6.83. The van der Waals surface area contributed by atoms with E-state index in [-0.39, 0.29) is 48.0 Å². The average molecular weight is 978 g/mol. The quantitative estimate of drug-likeness (QED) is 0.139. The van der Waals surface area contributed by atoms with Gasteiger partial charge in [0.15, 0.2) is 12.1 Å². The third-order valence-corrected chi connectivity index (χ3v) is 12.0. The molecule has 0 spiro atoms. The summed E-state index contributed by atoms with van der Waals surface area (Å²) in [4.78, 5) is 25.1. The number of aliphatic carboxylic acids is 1. The predicted molar refractivity (Wildman–Crippen MR) is 248 cm³/mol. The normalized spacial score (nSPS) is 40.2. The van der Waals surface area contributed by atoms with E-state index in [4.69, 9.17) is 24.7 Å². The van der Waals surface area contributed by atoms with Gasteiger partial charge in [-0.3, -0.25) is 9.59 Å². The Hall–Kier alpha value is -3.56. The molecule has 2 saturated heterocycles. The van der Waals surface area contributed by atoms with E-state index in [1.54, 1.807) is 80.7 Å². The van der Waals surface area contributed by atoms with Gasteiger partial charge < -0.3 is 97.3 Å². The van der Waals surface area contributed by atoms with Crippen molar-refractivity contribution < 1.29 is 101 Å². The maximum Gasteiger partial charge on any atom is 0.311 e. The third kappa shape index (κ3) is 21.2. The zero-order valence-corrected chi connectivity index (χ0v) is 39.1. The summed E-state index contributed by atoms with van der Waals surface area (Å²) >= 11 is 0. The molecule has 0 unspecified atom stereocenters. The maximum atomic E-state index is 12.6. The Kier molecular flexibility index (Phi) is 30.0. The van der Waals surface area contributed by atoms with Crippen LogP contribution in [0, 0.1) is 17.8 Å². The van der Waals surface area contributed by atoms with Crippen LogP contribution in [-0.4, -0.2) is 182 Å². The minimum Gasteiger partial charge on any atom is -0.481 e. The summed E-state index contributed by atoms with van der Waals surface area (Å²) in [6.45, 7) is 6.74. The standard InChI is InChI=1S/C47H73NO17.3H2O/c1-27-17-15-13-11-9-7-5-6-8-10-12-14-16-18-34(64-46-44(58)41(48)43(57)30(4)63-46)24-38-40(45(59)60)37(54)26-47(61,65-38)25-33(51)22-36(53)35(52)20-19-31(49)21-32(50)23-39(55)62-29(3)28(2)42(27)56;;;/h5-18,27-38,40-44,46,49-54,56-58,61H,19-26,48H2,1-4H3,(H,59,60);3*1H2/t27-,28-,29-,30+,31+,32+,33-,34-,35+,36+,37-,38-,40+,41-,42+,43+,44-,46-,47+;;;/m0.../s1. The van der Waals surface area contributed by atoms with Crippen molar-refractivity contribution in [2.75, 3.05) is 0 Å². The van der Waals surface area contributed by atoms with Gasteiger partial charge in [-0.1, -0.05) is 98.9 Å². The van der Waals surface area contributed by atoms with Crippen LogP contribution in [0.1, 0.15) is 79.1 Å². The summed E-state index contributed by atoms with van der Waals surface area (Å²) in [6.07, 6.45) is 3.46. The Morgan fingerprint density at radius 1 is 0.647 bits per heavy atom. The van der Waals surface area contributed by atoms with Crippen LogP contribution >= 0.6 is 0 Å². The first kappa shape index (κ1) is 64.4. The lowest BCUT2D eigenvalue weighted by Gasteiger charge is -2.45. The molecule has 0 aromatic carbocycles. The lowest BCUT2D eigenvalue weighted by Crippen LogP contribution is -2.61. The first-order valence-corrected chi connectivity index (χ1v) is 22.3. The van der Waals surface area contributed by atoms with Crippen LogP contribution in [0.15, 0.2) is 85.1 Å². The van der Waals surface area contributed by atoms with Crippen molar-refractivity contribution in [2.45, 2.75) is 177 Å². The smallest absolute Gasteiger partial charge is 0.311 e. The summed E-state index contributed by atoms with van der Waals surface area (Å²) in [5.41, 5.74) is 6.02. The van der Waals surface area contributed by atoms with Crippen molar-refractivity contribution in [1.82, 2.24) is 0 Å². The molecule has 3 aliphatic rings. The highest BCUT2D eigenvalue weighted by Crippen LogP contribution is 2.38. The van der Waals surface area contributed by atoms with E-state index in [0.717, 1.165) is 0 Å².